The van der Waals surface area contributed by atoms with Crippen molar-refractivity contribution in [1.29, 1.82) is 0 Å². The van der Waals surface area contributed by atoms with Crippen LogP contribution in [0.2, 0.25) is 0 Å². The molecule has 146 valence electrons. The molecule has 1 aromatic carbocycles. The monoisotopic (exact) mass is 368 g/mol. The molecule has 0 unspecified atom stereocenters. The van der Waals surface area contributed by atoms with E-state index >= 15 is 0 Å². The van der Waals surface area contributed by atoms with E-state index in [4.69, 9.17) is 0 Å². The molecular weight excluding hydrogens is 336 g/mol. The van der Waals surface area contributed by atoms with E-state index in [1.165, 1.54) is 12.0 Å². The number of hydrogen-bond donors (Lipinski definition) is 0. The Labute approximate surface area is 162 Å². The first kappa shape index (κ1) is 18.5. The minimum Gasteiger partial charge on any atom is -0.342 e. The van der Waals surface area contributed by atoms with Crippen molar-refractivity contribution in [2.24, 2.45) is 17.8 Å². The lowest BCUT2D eigenvalue weighted by molar-refractivity contribution is -0.141. The molecule has 1 saturated carbocycles. The smallest absolute Gasteiger partial charge is 0.226 e. The van der Waals surface area contributed by atoms with Crippen LogP contribution >= 0.6 is 0 Å². The molecule has 0 aromatic heterocycles. The maximum Gasteiger partial charge on any atom is 0.226 e. The topological polar surface area (TPSA) is 40.6 Å². The zero-order chi connectivity index (χ0) is 18.6. The van der Waals surface area contributed by atoms with Gasteiger partial charge < -0.3 is 9.80 Å². The number of carbonyl (C=O) groups excluding carboxylic acids is 2. The van der Waals surface area contributed by atoms with Crippen molar-refractivity contribution >= 4 is 11.8 Å². The summed E-state index contributed by atoms with van der Waals surface area (Å²) in [6.45, 7) is 3.31. The predicted molar refractivity (Wildman–Crippen MR) is 106 cm³/mol. The summed E-state index contributed by atoms with van der Waals surface area (Å²) in [5, 5.41) is 0. The van der Waals surface area contributed by atoms with Gasteiger partial charge in [0, 0.05) is 38.0 Å². The van der Waals surface area contributed by atoms with Crippen LogP contribution in [0.3, 0.4) is 0 Å². The van der Waals surface area contributed by atoms with Gasteiger partial charge in [-0.2, -0.15) is 0 Å². The molecule has 27 heavy (non-hydrogen) atoms. The highest BCUT2D eigenvalue weighted by Crippen LogP contribution is 2.35. The van der Waals surface area contributed by atoms with Gasteiger partial charge in [-0.1, -0.05) is 43.2 Å². The van der Waals surface area contributed by atoms with E-state index in [9.17, 15) is 9.59 Å². The molecule has 3 aliphatic rings. The van der Waals surface area contributed by atoms with Crippen molar-refractivity contribution in [2.45, 2.75) is 57.9 Å². The van der Waals surface area contributed by atoms with Crippen LogP contribution in [0.15, 0.2) is 30.3 Å². The van der Waals surface area contributed by atoms with E-state index in [1.54, 1.807) is 0 Å². The summed E-state index contributed by atoms with van der Waals surface area (Å²) in [6, 6.07) is 10.3. The second-order valence-corrected chi connectivity index (χ2v) is 8.64. The molecule has 4 nitrogen and oxygen atoms in total. The van der Waals surface area contributed by atoms with E-state index in [2.05, 4.69) is 21.9 Å². The third-order valence-electron chi connectivity index (χ3n) is 6.91. The Morgan fingerprint density at radius 1 is 0.889 bits per heavy atom. The Hall–Kier alpha value is -1.84. The van der Waals surface area contributed by atoms with Gasteiger partial charge in [-0.3, -0.25) is 9.59 Å². The lowest BCUT2D eigenvalue weighted by Crippen LogP contribution is -2.46. The molecule has 1 aliphatic carbocycles. The summed E-state index contributed by atoms with van der Waals surface area (Å²) in [4.78, 5) is 29.9. The molecule has 2 heterocycles. The van der Waals surface area contributed by atoms with Gasteiger partial charge in [-0.25, -0.2) is 0 Å². The second kappa shape index (κ2) is 8.45. The minimum absolute atomic E-state index is 0.150. The van der Waals surface area contributed by atoms with E-state index in [0.29, 0.717) is 23.7 Å². The number of carbonyl (C=O) groups is 2. The molecule has 2 amide bonds. The molecule has 1 aromatic rings. The van der Waals surface area contributed by atoms with Crippen LogP contribution in [0.25, 0.3) is 0 Å². The second-order valence-electron chi connectivity index (χ2n) is 8.64. The van der Waals surface area contributed by atoms with E-state index in [-0.39, 0.29) is 5.92 Å². The molecule has 3 fully saturated rings. The predicted octanol–water partition coefficient (Wildman–Crippen LogP) is 3.85. The van der Waals surface area contributed by atoms with Crippen molar-refractivity contribution in [3.05, 3.63) is 35.9 Å². The lowest BCUT2D eigenvalue weighted by atomic mass is 9.79. The summed E-state index contributed by atoms with van der Waals surface area (Å²) < 4.78 is 0. The standard InChI is InChI=1S/C23H32N2O2/c26-22(20-9-6-10-20)24-15-12-19(13-16-24)21-11-4-5-14-25(23(21)27)17-18-7-2-1-3-8-18/h1-3,7-8,19-21H,4-6,9-17H2/t21-/m1/s1. The SMILES string of the molecule is O=C(C1CCC1)N1CCC([C@H]2CCCCN(Cc3ccccc3)C2=O)CC1. The zero-order valence-electron chi connectivity index (χ0n) is 16.3. The fourth-order valence-corrected chi connectivity index (χ4v) is 4.97. The fourth-order valence-electron chi connectivity index (χ4n) is 4.97. The summed E-state index contributed by atoms with van der Waals surface area (Å²) >= 11 is 0. The molecule has 0 radical (unpaired) electrons. The summed E-state index contributed by atoms with van der Waals surface area (Å²) in [5.41, 5.74) is 1.22. The quantitative estimate of drug-likeness (QED) is 0.810. The number of piperidine rings is 1. The number of nitrogens with zero attached hydrogens (tertiary/aromatic N) is 2. The molecule has 1 atom stereocenters. The first-order valence-corrected chi connectivity index (χ1v) is 10.8. The largest absolute Gasteiger partial charge is 0.342 e. The summed E-state index contributed by atoms with van der Waals surface area (Å²) in [5.74, 6) is 1.61. The highest BCUT2D eigenvalue weighted by Gasteiger charge is 2.37. The average Bonchev–Trinajstić information content (AvgIpc) is 2.83. The lowest BCUT2D eigenvalue weighted by Gasteiger charge is -2.39. The zero-order valence-corrected chi connectivity index (χ0v) is 16.3. The Kier molecular flexibility index (Phi) is 5.80. The van der Waals surface area contributed by atoms with Crippen LogP contribution < -0.4 is 0 Å². The summed E-state index contributed by atoms with van der Waals surface area (Å²) in [6.07, 6.45) is 8.62. The maximum absolute atomic E-state index is 13.3. The Balaban J connectivity index is 1.36. The van der Waals surface area contributed by atoms with Crippen molar-refractivity contribution < 1.29 is 9.59 Å². The third kappa shape index (κ3) is 4.20. The molecular formula is C23H32N2O2. The highest BCUT2D eigenvalue weighted by atomic mass is 16.2. The number of rotatable bonds is 4. The number of likely N-dealkylation sites (tertiary alicyclic amines) is 2. The van der Waals surface area contributed by atoms with Crippen molar-refractivity contribution in [3.8, 4) is 0 Å². The van der Waals surface area contributed by atoms with Gasteiger partial charge in [0.15, 0.2) is 0 Å². The van der Waals surface area contributed by atoms with Crippen LogP contribution in [0.4, 0.5) is 0 Å². The van der Waals surface area contributed by atoms with Gasteiger partial charge in [0.1, 0.15) is 0 Å². The highest BCUT2D eigenvalue weighted by molar-refractivity contribution is 5.80. The van der Waals surface area contributed by atoms with Crippen molar-refractivity contribution in [2.75, 3.05) is 19.6 Å². The molecule has 4 rings (SSSR count). The van der Waals surface area contributed by atoms with Crippen LogP contribution in [0.1, 0.15) is 56.9 Å². The number of benzene rings is 1. The average molecular weight is 369 g/mol. The van der Waals surface area contributed by atoms with Gasteiger partial charge in [0.25, 0.3) is 0 Å². The molecule has 0 N–H and O–H groups in total. The third-order valence-corrected chi connectivity index (χ3v) is 6.91. The number of hydrogen-bond acceptors (Lipinski definition) is 2. The maximum atomic E-state index is 13.3. The van der Waals surface area contributed by atoms with Crippen LogP contribution in [0.5, 0.6) is 0 Å². The van der Waals surface area contributed by atoms with Crippen LogP contribution in [-0.4, -0.2) is 41.2 Å². The normalized spacial score (nSPS) is 25.2. The van der Waals surface area contributed by atoms with Gasteiger partial charge in [0.2, 0.25) is 11.8 Å². The van der Waals surface area contributed by atoms with E-state index in [1.807, 2.05) is 18.2 Å². The van der Waals surface area contributed by atoms with E-state index in [0.717, 1.165) is 71.1 Å². The van der Waals surface area contributed by atoms with Crippen molar-refractivity contribution in [3.63, 3.8) is 0 Å². The Morgan fingerprint density at radius 2 is 1.63 bits per heavy atom. The molecule has 2 saturated heterocycles. The molecule has 2 aliphatic heterocycles. The first-order valence-electron chi connectivity index (χ1n) is 10.8. The van der Waals surface area contributed by atoms with E-state index < -0.39 is 0 Å². The van der Waals surface area contributed by atoms with Crippen LogP contribution in [0, 0.1) is 17.8 Å². The molecule has 0 bridgehead atoms. The van der Waals surface area contributed by atoms with Gasteiger partial charge in [-0.05, 0) is 50.0 Å². The minimum atomic E-state index is 0.150. The fraction of sp³-hybridized carbons (Fsp3) is 0.652. The number of amides is 2. The Bertz CT molecular complexity index is 648. The van der Waals surface area contributed by atoms with Gasteiger partial charge in [-0.15, -0.1) is 0 Å². The Morgan fingerprint density at radius 3 is 2.30 bits per heavy atom. The van der Waals surface area contributed by atoms with Crippen molar-refractivity contribution in [1.82, 2.24) is 9.80 Å². The summed E-state index contributed by atoms with van der Waals surface area (Å²) in [7, 11) is 0. The molecule has 0 spiro atoms. The van der Waals surface area contributed by atoms with Gasteiger partial charge in [0.05, 0.1) is 0 Å². The van der Waals surface area contributed by atoms with Gasteiger partial charge >= 0.3 is 0 Å². The first-order chi connectivity index (χ1) is 13.2. The van der Waals surface area contributed by atoms with Crippen LogP contribution in [-0.2, 0) is 16.1 Å². The molecule has 4 heteroatoms.